The summed E-state index contributed by atoms with van der Waals surface area (Å²) in [6.07, 6.45) is 3.25. The lowest BCUT2D eigenvalue weighted by molar-refractivity contribution is 0.211. The molecule has 0 saturated carbocycles. The molecule has 0 amide bonds. The summed E-state index contributed by atoms with van der Waals surface area (Å²) < 4.78 is 27.8. The average Bonchev–Trinajstić information content (AvgIpc) is 2.68. The Morgan fingerprint density at radius 2 is 1.41 bits per heavy atom. The van der Waals surface area contributed by atoms with E-state index < -0.39 is 0 Å². The normalized spacial score (nSPS) is 11.4. The maximum Gasteiger partial charge on any atom is 0.203 e. The van der Waals surface area contributed by atoms with E-state index in [9.17, 15) is 0 Å². The highest BCUT2D eigenvalue weighted by Crippen LogP contribution is 2.38. The van der Waals surface area contributed by atoms with Gasteiger partial charge in [0.05, 0.1) is 28.4 Å². The van der Waals surface area contributed by atoms with Gasteiger partial charge in [-0.3, -0.25) is 0 Å². The standard InChI is InChI=1S/C22H28O5/c1-7-8-16-9-10-18(19(12-16)23-3)27-15(2)11-17-13-20(24-4)22(26-6)21(14-17)25-5/h7,9-10,12-15H,1,8,11H2,2-6H3/t15-/m1/s1. The van der Waals surface area contributed by atoms with Gasteiger partial charge in [-0.25, -0.2) is 0 Å². The quantitative estimate of drug-likeness (QED) is 0.576. The van der Waals surface area contributed by atoms with Crippen LogP contribution in [0.1, 0.15) is 18.1 Å². The van der Waals surface area contributed by atoms with E-state index in [4.69, 9.17) is 23.7 Å². The number of ether oxygens (including phenoxy) is 5. The molecule has 0 unspecified atom stereocenters. The van der Waals surface area contributed by atoms with Crippen molar-refractivity contribution in [2.24, 2.45) is 0 Å². The summed E-state index contributed by atoms with van der Waals surface area (Å²) >= 11 is 0. The third-order valence-electron chi connectivity index (χ3n) is 4.18. The molecule has 0 fully saturated rings. The molecular weight excluding hydrogens is 344 g/mol. The highest BCUT2D eigenvalue weighted by atomic mass is 16.5. The summed E-state index contributed by atoms with van der Waals surface area (Å²) in [7, 11) is 6.45. The van der Waals surface area contributed by atoms with Gasteiger partial charge in [-0.1, -0.05) is 12.1 Å². The fraction of sp³-hybridized carbons (Fsp3) is 0.364. The number of rotatable bonds is 10. The zero-order valence-electron chi connectivity index (χ0n) is 16.7. The summed E-state index contributed by atoms with van der Waals surface area (Å²) in [6, 6.07) is 9.80. The van der Waals surface area contributed by atoms with Crippen LogP contribution < -0.4 is 23.7 Å². The minimum absolute atomic E-state index is 0.0769. The zero-order valence-corrected chi connectivity index (χ0v) is 16.7. The molecule has 0 aliphatic carbocycles. The first-order valence-corrected chi connectivity index (χ1v) is 8.79. The van der Waals surface area contributed by atoms with E-state index in [1.54, 1.807) is 28.4 Å². The fourth-order valence-corrected chi connectivity index (χ4v) is 2.95. The van der Waals surface area contributed by atoms with Crippen LogP contribution in [0.3, 0.4) is 0 Å². The first-order valence-electron chi connectivity index (χ1n) is 8.79. The summed E-state index contributed by atoms with van der Waals surface area (Å²) in [5.41, 5.74) is 2.16. The molecule has 0 heterocycles. The minimum atomic E-state index is -0.0769. The molecule has 5 heteroatoms. The predicted octanol–water partition coefficient (Wildman–Crippen LogP) is 4.46. The maximum absolute atomic E-state index is 6.11. The van der Waals surface area contributed by atoms with Gasteiger partial charge in [-0.15, -0.1) is 6.58 Å². The van der Waals surface area contributed by atoms with Crippen LogP contribution in [0, 0.1) is 0 Å². The SMILES string of the molecule is C=CCc1ccc(O[C@H](C)Cc2cc(OC)c(OC)c(OC)c2)c(OC)c1. The van der Waals surface area contributed by atoms with Crippen LogP contribution >= 0.6 is 0 Å². The van der Waals surface area contributed by atoms with Crippen LogP contribution in [-0.4, -0.2) is 34.5 Å². The molecule has 0 spiro atoms. The van der Waals surface area contributed by atoms with E-state index in [2.05, 4.69) is 6.58 Å². The largest absolute Gasteiger partial charge is 0.493 e. The summed E-state index contributed by atoms with van der Waals surface area (Å²) in [5, 5.41) is 0. The number of methoxy groups -OCH3 is 4. The predicted molar refractivity (Wildman–Crippen MR) is 107 cm³/mol. The number of hydrogen-bond donors (Lipinski definition) is 0. The van der Waals surface area contributed by atoms with Crippen LogP contribution in [0.4, 0.5) is 0 Å². The Kier molecular flexibility index (Phi) is 7.41. The third-order valence-corrected chi connectivity index (χ3v) is 4.18. The topological polar surface area (TPSA) is 46.2 Å². The van der Waals surface area contributed by atoms with Gasteiger partial charge < -0.3 is 23.7 Å². The monoisotopic (exact) mass is 372 g/mol. The van der Waals surface area contributed by atoms with Crippen molar-refractivity contribution in [1.82, 2.24) is 0 Å². The summed E-state index contributed by atoms with van der Waals surface area (Å²) in [4.78, 5) is 0. The van der Waals surface area contributed by atoms with Gasteiger partial charge in [-0.2, -0.15) is 0 Å². The molecule has 0 aliphatic rings. The molecule has 2 aromatic carbocycles. The maximum atomic E-state index is 6.11. The molecule has 27 heavy (non-hydrogen) atoms. The van der Waals surface area contributed by atoms with Crippen molar-refractivity contribution in [2.75, 3.05) is 28.4 Å². The van der Waals surface area contributed by atoms with Crippen molar-refractivity contribution in [3.63, 3.8) is 0 Å². The fourth-order valence-electron chi connectivity index (χ4n) is 2.95. The first-order chi connectivity index (χ1) is 13.1. The van der Waals surface area contributed by atoms with Gasteiger partial charge in [0.2, 0.25) is 5.75 Å². The Morgan fingerprint density at radius 3 is 1.93 bits per heavy atom. The van der Waals surface area contributed by atoms with Crippen molar-refractivity contribution in [1.29, 1.82) is 0 Å². The van der Waals surface area contributed by atoms with E-state index in [-0.39, 0.29) is 6.10 Å². The van der Waals surface area contributed by atoms with Gasteiger partial charge in [0.15, 0.2) is 23.0 Å². The summed E-state index contributed by atoms with van der Waals surface area (Å²) in [5.74, 6) is 3.27. The summed E-state index contributed by atoms with van der Waals surface area (Å²) in [6.45, 7) is 5.78. The molecule has 146 valence electrons. The Morgan fingerprint density at radius 1 is 0.815 bits per heavy atom. The van der Waals surface area contributed by atoms with E-state index in [0.717, 1.165) is 17.5 Å². The van der Waals surface area contributed by atoms with Crippen molar-refractivity contribution in [3.05, 3.63) is 54.1 Å². The molecule has 0 bridgehead atoms. The zero-order chi connectivity index (χ0) is 19.8. The Hall–Kier alpha value is -2.82. The van der Waals surface area contributed by atoms with E-state index in [1.807, 2.05) is 43.3 Å². The van der Waals surface area contributed by atoms with Gasteiger partial charge in [0.1, 0.15) is 6.10 Å². The minimum Gasteiger partial charge on any atom is -0.493 e. The number of benzene rings is 2. The van der Waals surface area contributed by atoms with Crippen molar-refractivity contribution in [3.8, 4) is 28.7 Å². The first kappa shape index (κ1) is 20.5. The van der Waals surface area contributed by atoms with Crippen molar-refractivity contribution < 1.29 is 23.7 Å². The molecule has 0 aliphatic heterocycles. The van der Waals surface area contributed by atoms with Gasteiger partial charge in [0, 0.05) is 6.42 Å². The Balaban J connectivity index is 2.18. The van der Waals surface area contributed by atoms with Crippen LogP contribution in [0.2, 0.25) is 0 Å². The van der Waals surface area contributed by atoms with Gasteiger partial charge in [0.25, 0.3) is 0 Å². The third kappa shape index (κ3) is 5.09. The lowest BCUT2D eigenvalue weighted by Crippen LogP contribution is -2.16. The van der Waals surface area contributed by atoms with E-state index in [0.29, 0.717) is 35.2 Å². The van der Waals surface area contributed by atoms with Gasteiger partial charge >= 0.3 is 0 Å². The van der Waals surface area contributed by atoms with Gasteiger partial charge in [-0.05, 0) is 48.7 Å². The lowest BCUT2D eigenvalue weighted by atomic mass is 10.1. The van der Waals surface area contributed by atoms with Crippen LogP contribution in [0.5, 0.6) is 28.7 Å². The number of hydrogen-bond acceptors (Lipinski definition) is 5. The van der Waals surface area contributed by atoms with Crippen molar-refractivity contribution in [2.45, 2.75) is 25.9 Å². The Bertz CT molecular complexity index is 744. The smallest absolute Gasteiger partial charge is 0.203 e. The van der Waals surface area contributed by atoms with E-state index >= 15 is 0 Å². The van der Waals surface area contributed by atoms with Crippen LogP contribution in [0.15, 0.2) is 43.0 Å². The second-order valence-corrected chi connectivity index (χ2v) is 6.14. The van der Waals surface area contributed by atoms with Crippen molar-refractivity contribution >= 4 is 0 Å². The molecule has 1 atom stereocenters. The molecule has 0 radical (unpaired) electrons. The molecule has 0 aromatic heterocycles. The molecule has 2 rings (SSSR count). The molecular formula is C22H28O5. The number of allylic oxidation sites excluding steroid dienone is 1. The van der Waals surface area contributed by atoms with Crippen LogP contribution in [-0.2, 0) is 12.8 Å². The van der Waals surface area contributed by atoms with Crippen LogP contribution in [0.25, 0.3) is 0 Å². The molecule has 5 nitrogen and oxygen atoms in total. The second-order valence-electron chi connectivity index (χ2n) is 6.14. The second kappa shape index (κ2) is 9.76. The lowest BCUT2D eigenvalue weighted by Gasteiger charge is -2.19. The average molecular weight is 372 g/mol. The van der Waals surface area contributed by atoms with E-state index in [1.165, 1.54) is 0 Å². The highest BCUT2D eigenvalue weighted by molar-refractivity contribution is 5.54. The Labute approximate surface area is 161 Å². The molecule has 0 saturated heterocycles. The molecule has 2 aromatic rings. The molecule has 0 N–H and O–H groups in total. The highest BCUT2D eigenvalue weighted by Gasteiger charge is 2.16.